The number of hydrogen-bond acceptors (Lipinski definition) is 13. The van der Waals surface area contributed by atoms with Gasteiger partial charge in [-0.1, -0.05) is 0 Å². The molecule has 2 saturated heterocycles. The normalized spacial score (nSPS) is 21.4. The average molecular weight is 971 g/mol. The van der Waals surface area contributed by atoms with Crippen molar-refractivity contribution >= 4 is 39.4 Å². The van der Waals surface area contributed by atoms with Crippen LogP contribution in [0.1, 0.15) is 80.9 Å². The van der Waals surface area contributed by atoms with E-state index < -0.39 is 60.1 Å². The maximum atomic E-state index is 14.7. The molecule has 4 aromatic rings. The summed E-state index contributed by atoms with van der Waals surface area (Å²) in [5.41, 5.74) is -0.778. The van der Waals surface area contributed by atoms with Crippen molar-refractivity contribution in [2.24, 2.45) is 11.8 Å². The molecule has 0 radical (unpaired) electrons. The number of halogens is 5. The van der Waals surface area contributed by atoms with Crippen LogP contribution in [-0.2, 0) is 9.59 Å². The Labute approximate surface area is 378 Å². The number of alkyl halides is 4. The molecule has 2 aliphatic heterocycles. The number of amides is 2. The van der Waals surface area contributed by atoms with Crippen LogP contribution >= 0.6 is 15.9 Å². The number of rotatable bonds is 14. The van der Waals surface area contributed by atoms with E-state index in [-0.39, 0.29) is 64.9 Å². The number of piperidine rings is 2. The van der Waals surface area contributed by atoms with Crippen molar-refractivity contribution in [3.63, 3.8) is 0 Å². The molecule has 4 atom stereocenters. The summed E-state index contributed by atoms with van der Waals surface area (Å²) in [6, 6.07) is 9.38. The van der Waals surface area contributed by atoms with E-state index in [0.717, 1.165) is 12.8 Å². The minimum atomic E-state index is -3.04. The van der Waals surface area contributed by atoms with Crippen LogP contribution in [-0.4, -0.2) is 115 Å². The number of H-pyrrole nitrogens is 2. The van der Waals surface area contributed by atoms with Crippen LogP contribution < -0.4 is 31.2 Å². The van der Waals surface area contributed by atoms with Gasteiger partial charge in [-0.25, -0.2) is 17.6 Å². The highest BCUT2D eigenvalue weighted by Crippen LogP contribution is 2.42. The summed E-state index contributed by atoms with van der Waals surface area (Å²) in [4.78, 5) is 56.8. The summed E-state index contributed by atoms with van der Waals surface area (Å²) in [6.45, 7) is 4.46. The third kappa shape index (κ3) is 12.3. The Morgan fingerprint density at radius 2 is 1.22 bits per heavy atom. The number of nitrogens with zero attached hydrogens (tertiary/aromatic N) is 7. The molecule has 8 rings (SSSR count). The standard InChI is InChI=1S/C22H24F2N6O3.C21H24BrF2N5O3/c1-13(20(31)27-18-4-5-19(29-28-18)33-12-14-2-3-14)30-7-6-22(23,24)17(11-30)16-8-15(9-25)21(32)26-10-16;1-12(19(30)26-17-4-5-18(28-27-17)32-11-13-2-3-13)29-7-6-21(23,24)15(10-29)14-8-16(22)20(31)25-9-14/h4-5,8,10,13-14,17H,2-3,6-7,11-12H2,1H3,(H,26,32)(H,27,28,31);4-5,8-9,12-13,15H,2-3,6-7,10-11H2,1H3,(H,25,31)(H,26,27,30)/t13-,17?;12-,15?/m00/s1. The van der Waals surface area contributed by atoms with E-state index in [4.69, 9.17) is 14.7 Å². The predicted octanol–water partition coefficient (Wildman–Crippen LogP) is 5.45. The molecule has 2 unspecified atom stereocenters. The first-order chi connectivity index (χ1) is 31.0. The third-order valence-electron chi connectivity index (χ3n) is 12.0. The quantitative estimate of drug-likeness (QED) is 0.116. The molecule has 17 nitrogen and oxygen atoms in total. The number of carbonyl (C=O) groups is 2. The lowest BCUT2D eigenvalue weighted by molar-refractivity contribution is -0.126. The number of anilines is 2. The molecule has 2 amide bonds. The minimum Gasteiger partial charge on any atom is -0.476 e. The summed E-state index contributed by atoms with van der Waals surface area (Å²) in [7, 11) is 0. The smallest absolute Gasteiger partial charge is 0.265 e. The van der Waals surface area contributed by atoms with Gasteiger partial charge in [-0.2, -0.15) is 5.26 Å². The zero-order chi connectivity index (χ0) is 46.5. The van der Waals surface area contributed by atoms with E-state index in [9.17, 15) is 36.7 Å². The molecule has 4 aliphatic rings. The number of aromatic amines is 2. The second-order valence-electron chi connectivity index (χ2n) is 16.9. The molecule has 0 bridgehead atoms. The molecule has 0 aromatic carbocycles. The Balaban J connectivity index is 0.000000194. The SMILES string of the molecule is C[C@@H](C(=O)Nc1ccc(OCC2CC2)nn1)N1CCC(F)(F)C(c2c[nH]c(=O)c(Br)c2)C1.C[C@@H](C(=O)Nc1ccc(OCC2CC2)nn1)N1CCC(F)(F)C(c2c[nH]c(=O)c(C#N)c2)C1. The van der Waals surface area contributed by atoms with Gasteiger partial charge in [-0.15, -0.1) is 20.4 Å². The van der Waals surface area contributed by atoms with Gasteiger partial charge in [0.2, 0.25) is 23.6 Å². The number of aromatic nitrogens is 6. The summed E-state index contributed by atoms with van der Waals surface area (Å²) < 4.78 is 70.0. The highest BCUT2D eigenvalue weighted by Gasteiger charge is 2.48. The van der Waals surface area contributed by atoms with Gasteiger partial charge < -0.3 is 30.1 Å². The fourth-order valence-corrected chi connectivity index (χ4v) is 7.79. The maximum Gasteiger partial charge on any atom is 0.265 e. The Morgan fingerprint density at radius 1 is 0.769 bits per heavy atom. The van der Waals surface area contributed by atoms with E-state index in [2.05, 4.69) is 56.9 Å². The second kappa shape index (κ2) is 20.2. The number of nitrogens with one attached hydrogen (secondary N) is 4. The van der Waals surface area contributed by atoms with Gasteiger partial charge in [-0.05, 0) is 103 Å². The second-order valence-corrected chi connectivity index (χ2v) is 17.7. The highest BCUT2D eigenvalue weighted by molar-refractivity contribution is 9.10. The van der Waals surface area contributed by atoms with Crippen LogP contribution in [0.4, 0.5) is 29.2 Å². The first-order valence-corrected chi connectivity index (χ1v) is 22.1. The zero-order valence-corrected chi connectivity index (χ0v) is 37.1. The van der Waals surface area contributed by atoms with Crippen molar-refractivity contribution < 1.29 is 36.6 Å². The number of carbonyl (C=O) groups excluding carboxylic acids is 2. The Kier molecular flexibility index (Phi) is 14.6. The Morgan fingerprint density at radius 3 is 1.62 bits per heavy atom. The summed E-state index contributed by atoms with van der Waals surface area (Å²) in [5.74, 6) is -6.72. The molecule has 65 heavy (non-hydrogen) atoms. The molecule has 2 aliphatic carbocycles. The molecule has 346 valence electrons. The number of hydrogen-bond donors (Lipinski definition) is 4. The van der Waals surface area contributed by atoms with E-state index in [1.165, 1.54) is 37.4 Å². The average Bonchev–Trinajstić information content (AvgIpc) is 4.24. The largest absolute Gasteiger partial charge is 0.476 e. The van der Waals surface area contributed by atoms with Gasteiger partial charge in [0.05, 0.1) is 41.6 Å². The molecule has 6 heterocycles. The zero-order valence-electron chi connectivity index (χ0n) is 35.5. The molecule has 4 fully saturated rings. The van der Waals surface area contributed by atoms with Crippen molar-refractivity contribution in [3.8, 4) is 17.8 Å². The van der Waals surface area contributed by atoms with Crippen molar-refractivity contribution in [2.45, 2.75) is 88.1 Å². The van der Waals surface area contributed by atoms with Crippen LogP contribution in [0.5, 0.6) is 11.8 Å². The van der Waals surface area contributed by atoms with Crippen LogP contribution in [0.15, 0.2) is 62.9 Å². The maximum absolute atomic E-state index is 14.7. The summed E-state index contributed by atoms with van der Waals surface area (Å²) in [6.07, 6.45) is 6.32. The van der Waals surface area contributed by atoms with Gasteiger partial charge in [0.15, 0.2) is 11.6 Å². The van der Waals surface area contributed by atoms with Crippen LogP contribution in [0.2, 0.25) is 0 Å². The molecule has 22 heteroatoms. The minimum absolute atomic E-state index is 0.0200. The van der Waals surface area contributed by atoms with Crippen LogP contribution in [0.25, 0.3) is 0 Å². The Hall–Kier alpha value is -5.79. The Bertz CT molecular complexity index is 2480. The number of pyridine rings is 2. The van der Waals surface area contributed by atoms with Crippen molar-refractivity contribution in [1.29, 1.82) is 5.26 Å². The first kappa shape index (κ1) is 47.2. The van der Waals surface area contributed by atoms with E-state index in [0.29, 0.717) is 42.4 Å². The summed E-state index contributed by atoms with van der Waals surface area (Å²) in [5, 5.41) is 30.2. The lowest BCUT2D eigenvalue weighted by Gasteiger charge is -2.40. The van der Waals surface area contributed by atoms with Crippen molar-refractivity contribution in [1.82, 2.24) is 40.2 Å². The number of ether oxygens (including phenoxy) is 2. The fraction of sp³-hybridized carbons (Fsp3) is 0.512. The fourth-order valence-electron chi connectivity index (χ4n) is 7.41. The lowest BCUT2D eigenvalue weighted by atomic mass is 9.86. The van der Waals surface area contributed by atoms with Gasteiger partial charge in [0.1, 0.15) is 11.6 Å². The van der Waals surface area contributed by atoms with Gasteiger partial charge in [-0.3, -0.25) is 29.0 Å². The number of nitriles is 1. The van der Waals surface area contributed by atoms with E-state index in [1.54, 1.807) is 54.0 Å². The molecular formula is C43H48BrF4N11O6. The van der Waals surface area contributed by atoms with Crippen molar-refractivity contribution in [2.75, 3.05) is 50.0 Å². The van der Waals surface area contributed by atoms with Crippen LogP contribution in [0.3, 0.4) is 0 Å². The summed E-state index contributed by atoms with van der Waals surface area (Å²) >= 11 is 3.09. The lowest BCUT2D eigenvalue weighted by Crippen LogP contribution is -2.52. The predicted molar refractivity (Wildman–Crippen MR) is 231 cm³/mol. The van der Waals surface area contributed by atoms with Crippen molar-refractivity contribution in [3.05, 3.63) is 90.7 Å². The molecule has 4 N–H and O–H groups in total. The number of likely N-dealkylation sites (tertiary alicyclic amines) is 2. The van der Waals surface area contributed by atoms with E-state index in [1.807, 2.05) is 0 Å². The van der Waals surface area contributed by atoms with Gasteiger partial charge in [0, 0.05) is 63.5 Å². The first-order valence-electron chi connectivity index (χ1n) is 21.3. The molecule has 4 aromatic heterocycles. The third-order valence-corrected chi connectivity index (χ3v) is 12.6. The van der Waals surface area contributed by atoms with E-state index >= 15 is 0 Å². The monoisotopic (exact) mass is 969 g/mol. The highest BCUT2D eigenvalue weighted by atomic mass is 79.9. The topological polar surface area (TPSA) is 224 Å². The molecule has 0 spiro atoms. The van der Waals surface area contributed by atoms with Crippen LogP contribution in [0, 0.1) is 23.2 Å². The van der Waals surface area contributed by atoms with Gasteiger partial charge >= 0.3 is 0 Å². The van der Waals surface area contributed by atoms with Gasteiger partial charge in [0.25, 0.3) is 23.0 Å². The molecular weight excluding hydrogens is 922 g/mol. The molecule has 2 saturated carbocycles.